The minimum absolute atomic E-state index is 0.00639. The molecule has 3 nitrogen and oxygen atoms in total. The zero-order chi connectivity index (χ0) is 19.3. The molecule has 4 heteroatoms. The predicted octanol–water partition coefficient (Wildman–Crippen LogP) is 5.97. The van der Waals surface area contributed by atoms with Crippen molar-refractivity contribution in [3.05, 3.63) is 106 Å². The van der Waals surface area contributed by atoms with E-state index >= 15 is 0 Å². The average Bonchev–Trinajstić information content (AvgIpc) is 2.75. The SMILES string of the molecule is O=C1CCC(c2ccc(Br)cc2)=NN1/C(=C/c1ccccc1)c1ccccc1. The first-order valence-electron chi connectivity index (χ1n) is 9.19. The Labute approximate surface area is 173 Å². The number of hydrogen-bond donors (Lipinski definition) is 0. The van der Waals surface area contributed by atoms with Crippen LogP contribution in [0.1, 0.15) is 29.5 Å². The molecule has 0 saturated heterocycles. The lowest BCUT2D eigenvalue weighted by Gasteiger charge is -2.26. The molecule has 3 aromatic rings. The van der Waals surface area contributed by atoms with E-state index in [9.17, 15) is 4.79 Å². The molecule has 4 rings (SSSR count). The van der Waals surface area contributed by atoms with E-state index in [4.69, 9.17) is 5.10 Å². The first-order chi connectivity index (χ1) is 13.7. The highest BCUT2D eigenvalue weighted by Gasteiger charge is 2.25. The van der Waals surface area contributed by atoms with Crippen LogP contribution in [0.4, 0.5) is 0 Å². The van der Waals surface area contributed by atoms with Crippen molar-refractivity contribution in [3.63, 3.8) is 0 Å². The lowest BCUT2D eigenvalue weighted by molar-refractivity contribution is -0.128. The van der Waals surface area contributed by atoms with Crippen LogP contribution in [0.15, 0.2) is 94.5 Å². The zero-order valence-corrected chi connectivity index (χ0v) is 16.8. The fraction of sp³-hybridized carbons (Fsp3) is 0.0833. The molecule has 1 aliphatic rings. The van der Waals surface area contributed by atoms with Gasteiger partial charge in [-0.15, -0.1) is 0 Å². The van der Waals surface area contributed by atoms with Gasteiger partial charge < -0.3 is 0 Å². The van der Waals surface area contributed by atoms with Gasteiger partial charge >= 0.3 is 0 Å². The van der Waals surface area contributed by atoms with Gasteiger partial charge in [-0.05, 0) is 29.3 Å². The summed E-state index contributed by atoms with van der Waals surface area (Å²) in [6, 6.07) is 28.0. The van der Waals surface area contributed by atoms with E-state index in [0.717, 1.165) is 32.6 Å². The summed E-state index contributed by atoms with van der Waals surface area (Å²) in [4.78, 5) is 12.8. The fourth-order valence-corrected chi connectivity index (χ4v) is 3.44. The van der Waals surface area contributed by atoms with Crippen molar-refractivity contribution in [2.75, 3.05) is 0 Å². The Morgan fingerprint density at radius 1 is 0.857 bits per heavy atom. The topological polar surface area (TPSA) is 32.7 Å². The summed E-state index contributed by atoms with van der Waals surface area (Å²) in [6.45, 7) is 0. The van der Waals surface area contributed by atoms with Crippen LogP contribution in [0.3, 0.4) is 0 Å². The van der Waals surface area contributed by atoms with Gasteiger partial charge in [0.05, 0.1) is 11.4 Å². The molecule has 1 heterocycles. The second-order valence-electron chi connectivity index (χ2n) is 6.57. The van der Waals surface area contributed by atoms with Gasteiger partial charge in [0.25, 0.3) is 0 Å². The van der Waals surface area contributed by atoms with Crippen LogP contribution in [-0.4, -0.2) is 16.6 Å². The van der Waals surface area contributed by atoms with Crippen molar-refractivity contribution in [3.8, 4) is 0 Å². The molecule has 0 fully saturated rings. The second-order valence-corrected chi connectivity index (χ2v) is 7.48. The monoisotopic (exact) mass is 430 g/mol. The third-order valence-electron chi connectivity index (χ3n) is 4.61. The normalized spacial score (nSPS) is 14.8. The summed E-state index contributed by atoms with van der Waals surface area (Å²) >= 11 is 3.47. The Morgan fingerprint density at radius 3 is 2.18 bits per heavy atom. The highest BCUT2D eigenvalue weighted by molar-refractivity contribution is 9.10. The molecule has 0 spiro atoms. The van der Waals surface area contributed by atoms with Gasteiger partial charge in [0.1, 0.15) is 0 Å². The van der Waals surface area contributed by atoms with Crippen LogP contribution in [-0.2, 0) is 4.79 Å². The molecule has 0 atom stereocenters. The maximum absolute atomic E-state index is 12.8. The summed E-state index contributed by atoms with van der Waals surface area (Å²) in [6.07, 6.45) is 3.10. The van der Waals surface area contributed by atoms with Gasteiger partial charge in [-0.1, -0.05) is 88.7 Å². The molecular formula is C24H19BrN2O. The van der Waals surface area contributed by atoms with Crippen LogP contribution >= 0.6 is 15.9 Å². The zero-order valence-electron chi connectivity index (χ0n) is 15.3. The number of benzene rings is 3. The number of hydrazone groups is 1. The van der Waals surface area contributed by atoms with E-state index in [2.05, 4.69) is 15.9 Å². The van der Waals surface area contributed by atoms with E-state index in [1.165, 1.54) is 0 Å². The van der Waals surface area contributed by atoms with Crippen molar-refractivity contribution >= 4 is 39.3 Å². The minimum atomic E-state index is 0.00639. The fourth-order valence-electron chi connectivity index (χ4n) is 3.17. The van der Waals surface area contributed by atoms with Gasteiger partial charge in [0, 0.05) is 22.9 Å². The third-order valence-corrected chi connectivity index (χ3v) is 5.14. The van der Waals surface area contributed by atoms with Gasteiger partial charge in [0.15, 0.2) is 0 Å². The maximum Gasteiger partial charge on any atom is 0.247 e. The molecule has 138 valence electrons. The number of nitrogens with zero attached hydrogens (tertiary/aromatic N) is 2. The Balaban J connectivity index is 1.80. The van der Waals surface area contributed by atoms with E-state index in [1.54, 1.807) is 5.01 Å². The molecule has 0 saturated carbocycles. The molecule has 0 unspecified atom stereocenters. The van der Waals surface area contributed by atoms with Crippen molar-refractivity contribution in [1.29, 1.82) is 0 Å². The number of halogens is 1. The number of carbonyl (C=O) groups excluding carboxylic acids is 1. The summed E-state index contributed by atoms with van der Waals surface area (Å²) in [5, 5.41) is 6.31. The third kappa shape index (κ3) is 4.12. The molecule has 0 aromatic heterocycles. The number of carbonyl (C=O) groups is 1. The largest absolute Gasteiger partial charge is 0.273 e. The Morgan fingerprint density at radius 2 is 1.50 bits per heavy atom. The van der Waals surface area contributed by atoms with E-state index in [-0.39, 0.29) is 5.91 Å². The van der Waals surface area contributed by atoms with Crippen molar-refractivity contribution in [2.45, 2.75) is 12.8 Å². The summed E-state index contributed by atoms with van der Waals surface area (Å²) in [7, 11) is 0. The summed E-state index contributed by atoms with van der Waals surface area (Å²) < 4.78 is 1.02. The molecule has 0 N–H and O–H groups in total. The van der Waals surface area contributed by atoms with E-state index in [0.29, 0.717) is 12.8 Å². The van der Waals surface area contributed by atoms with Crippen LogP contribution in [0.2, 0.25) is 0 Å². The molecule has 28 heavy (non-hydrogen) atoms. The molecule has 3 aromatic carbocycles. The van der Waals surface area contributed by atoms with Crippen LogP contribution in [0, 0.1) is 0 Å². The number of amides is 1. The number of rotatable bonds is 4. The highest BCUT2D eigenvalue weighted by atomic mass is 79.9. The van der Waals surface area contributed by atoms with Crippen LogP contribution < -0.4 is 0 Å². The highest BCUT2D eigenvalue weighted by Crippen LogP contribution is 2.28. The maximum atomic E-state index is 12.8. The van der Waals surface area contributed by atoms with Crippen LogP contribution in [0.5, 0.6) is 0 Å². The number of hydrogen-bond acceptors (Lipinski definition) is 2. The molecule has 0 radical (unpaired) electrons. The summed E-state index contributed by atoms with van der Waals surface area (Å²) in [5.41, 5.74) is 4.72. The molecule has 1 amide bonds. The van der Waals surface area contributed by atoms with Crippen LogP contribution in [0.25, 0.3) is 11.8 Å². The quantitative estimate of drug-likeness (QED) is 0.468. The molecule has 0 bridgehead atoms. The van der Waals surface area contributed by atoms with Gasteiger partial charge in [-0.3, -0.25) is 4.79 Å². The smallest absolute Gasteiger partial charge is 0.247 e. The van der Waals surface area contributed by atoms with Gasteiger partial charge in [0.2, 0.25) is 5.91 Å². The Kier molecular flexibility index (Phi) is 5.49. The Hall–Kier alpha value is -2.98. The first-order valence-corrected chi connectivity index (χ1v) is 9.98. The lowest BCUT2D eigenvalue weighted by atomic mass is 10.0. The van der Waals surface area contributed by atoms with Gasteiger partial charge in [-0.2, -0.15) is 10.1 Å². The minimum Gasteiger partial charge on any atom is -0.273 e. The Bertz CT molecular complexity index is 1030. The summed E-state index contributed by atoms with van der Waals surface area (Å²) in [5.74, 6) is 0.00639. The van der Waals surface area contributed by atoms with Crippen molar-refractivity contribution in [2.24, 2.45) is 5.10 Å². The van der Waals surface area contributed by atoms with Crippen molar-refractivity contribution in [1.82, 2.24) is 5.01 Å². The van der Waals surface area contributed by atoms with Crippen molar-refractivity contribution < 1.29 is 4.79 Å². The molecule has 0 aliphatic carbocycles. The predicted molar refractivity (Wildman–Crippen MR) is 118 cm³/mol. The lowest BCUT2D eigenvalue weighted by Crippen LogP contribution is -2.30. The average molecular weight is 431 g/mol. The first kappa shape index (κ1) is 18.4. The van der Waals surface area contributed by atoms with E-state index in [1.807, 2.05) is 91.0 Å². The molecular weight excluding hydrogens is 412 g/mol. The standard InChI is InChI=1S/C24H19BrN2O/c25-21-13-11-19(12-14-21)22-15-16-24(28)27(26-22)23(20-9-5-2-6-10-20)17-18-7-3-1-4-8-18/h1-14,17H,15-16H2/b23-17+. The van der Waals surface area contributed by atoms with Gasteiger partial charge in [-0.25, -0.2) is 0 Å². The van der Waals surface area contributed by atoms with E-state index < -0.39 is 0 Å². The second kappa shape index (κ2) is 8.36. The molecule has 1 aliphatic heterocycles.